The Kier molecular flexibility index (Phi) is 5.71. The third-order valence-corrected chi connectivity index (χ3v) is 3.70. The number of nitrogens with one attached hydrogen (secondary N) is 1. The summed E-state index contributed by atoms with van der Waals surface area (Å²) in [5.41, 5.74) is -0.915. The van der Waals surface area contributed by atoms with Gasteiger partial charge in [0.15, 0.2) is 0 Å². The molecule has 1 aromatic rings. The monoisotopic (exact) mass is 298 g/mol. The van der Waals surface area contributed by atoms with Crippen molar-refractivity contribution in [3.63, 3.8) is 0 Å². The van der Waals surface area contributed by atoms with E-state index in [2.05, 4.69) is 5.32 Å². The van der Waals surface area contributed by atoms with Crippen LogP contribution in [-0.2, 0) is 11.3 Å². The molecule has 2 N–H and O–H groups in total. The van der Waals surface area contributed by atoms with Crippen molar-refractivity contribution in [3.8, 4) is 0 Å². The molecule has 1 rings (SSSR count). The molecule has 20 heavy (non-hydrogen) atoms. The third-order valence-electron chi connectivity index (χ3n) is 2.63. The van der Waals surface area contributed by atoms with Crippen molar-refractivity contribution in [2.45, 2.75) is 39.8 Å². The van der Waals surface area contributed by atoms with E-state index < -0.39 is 5.60 Å². The van der Waals surface area contributed by atoms with Crippen LogP contribution in [0.1, 0.15) is 42.2 Å². The van der Waals surface area contributed by atoms with E-state index in [1.807, 2.05) is 13.0 Å². The SMILES string of the molecule is CCN(CC(C)(C)O)C(=O)c1ccc(CNC(C)=O)s1. The third kappa shape index (κ3) is 5.30. The highest BCUT2D eigenvalue weighted by Gasteiger charge is 2.23. The molecule has 0 unspecified atom stereocenters. The van der Waals surface area contributed by atoms with E-state index in [1.54, 1.807) is 24.8 Å². The van der Waals surface area contributed by atoms with E-state index in [0.29, 0.717) is 24.5 Å². The molecule has 112 valence electrons. The first-order valence-electron chi connectivity index (χ1n) is 6.57. The first-order valence-corrected chi connectivity index (χ1v) is 7.39. The van der Waals surface area contributed by atoms with Crippen molar-refractivity contribution in [1.29, 1.82) is 0 Å². The number of nitrogens with zero attached hydrogens (tertiary/aromatic N) is 1. The van der Waals surface area contributed by atoms with Crippen molar-refractivity contribution in [1.82, 2.24) is 10.2 Å². The Morgan fingerprint density at radius 3 is 2.55 bits per heavy atom. The molecule has 0 aliphatic rings. The fourth-order valence-electron chi connectivity index (χ4n) is 1.75. The van der Waals surface area contributed by atoms with Gasteiger partial charge >= 0.3 is 0 Å². The number of hydrogen-bond donors (Lipinski definition) is 2. The van der Waals surface area contributed by atoms with Crippen LogP contribution in [0.5, 0.6) is 0 Å². The van der Waals surface area contributed by atoms with Gasteiger partial charge in [-0.3, -0.25) is 9.59 Å². The summed E-state index contributed by atoms with van der Waals surface area (Å²) in [5.74, 6) is -0.183. The highest BCUT2D eigenvalue weighted by atomic mass is 32.1. The van der Waals surface area contributed by atoms with Crippen LogP contribution in [0.2, 0.25) is 0 Å². The van der Waals surface area contributed by atoms with Gasteiger partial charge in [0.1, 0.15) is 0 Å². The van der Waals surface area contributed by atoms with E-state index >= 15 is 0 Å². The zero-order valence-electron chi connectivity index (χ0n) is 12.4. The highest BCUT2D eigenvalue weighted by Crippen LogP contribution is 2.19. The van der Waals surface area contributed by atoms with Crippen LogP contribution in [0.25, 0.3) is 0 Å². The minimum atomic E-state index is -0.915. The van der Waals surface area contributed by atoms with E-state index in [1.165, 1.54) is 18.3 Å². The molecule has 0 aromatic carbocycles. The highest BCUT2D eigenvalue weighted by molar-refractivity contribution is 7.14. The second-order valence-corrected chi connectivity index (χ2v) is 6.48. The van der Waals surface area contributed by atoms with Gasteiger partial charge < -0.3 is 15.3 Å². The topological polar surface area (TPSA) is 69.6 Å². The zero-order valence-corrected chi connectivity index (χ0v) is 13.2. The molecule has 1 heterocycles. The Hall–Kier alpha value is -1.40. The summed E-state index contributed by atoms with van der Waals surface area (Å²) in [6.07, 6.45) is 0. The van der Waals surface area contributed by atoms with E-state index in [9.17, 15) is 14.7 Å². The van der Waals surface area contributed by atoms with Gasteiger partial charge in [-0.15, -0.1) is 11.3 Å². The van der Waals surface area contributed by atoms with Crippen LogP contribution in [0, 0.1) is 0 Å². The Morgan fingerprint density at radius 1 is 1.40 bits per heavy atom. The quantitative estimate of drug-likeness (QED) is 0.838. The Bertz CT molecular complexity index is 477. The molecule has 0 spiro atoms. The van der Waals surface area contributed by atoms with Crippen LogP contribution in [0.15, 0.2) is 12.1 Å². The van der Waals surface area contributed by atoms with Crippen LogP contribution < -0.4 is 5.32 Å². The van der Waals surface area contributed by atoms with Crippen molar-refractivity contribution >= 4 is 23.2 Å². The zero-order chi connectivity index (χ0) is 15.3. The van der Waals surface area contributed by atoms with Crippen LogP contribution in [-0.4, -0.2) is 40.5 Å². The Balaban J connectivity index is 2.73. The fraction of sp³-hybridized carbons (Fsp3) is 0.571. The summed E-state index contributed by atoms with van der Waals surface area (Å²) in [6.45, 7) is 7.98. The van der Waals surface area contributed by atoms with Gasteiger partial charge in [-0.05, 0) is 32.9 Å². The number of hydrogen-bond acceptors (Lipinski definition) is 4. The Labute approximate surface area is 123 Å². The van der Waals surface area contributed by atoms with Crippen molar-refractivity contribution in [2.24, 2.45) is 0 Å². The molecule has 0 bridgehead atoms. The molecule has 1 aromatic heterocycles. The maximum Gasteiger partial charge on any atom is 0.264 e. The summed E-state index contributed by atoms with van der Waals surface area (Å²) in [7, 11) is 0. The minimum absolute atomic E-state index is 0.0892. The summed E-state index contributed by atoms with van der Waals surface area (Å²) >= 11 is 1.37. The van der Waals surface area contributed by atoms with E-state index in [-0.39, 0.29) is 11.8 Å². The van der Waals surface area contributed by atoms with Crippen molar-refractivity contribution in [2.75, 3.05) is 13.1 Å². The van der Waals surface area contributed by atoms with Crippen LogP contribution >= 0.6 is 11.3 Å². The maximum atomic E-state index is 12.3. The number of amides is 2. The lowest BCUT2D eigenvalue weighted by Crippen LogP contribution is -2.41. The average Bonchev–Trinajstić information content (AvgIpc) is 2.80. The number of thiophene rings is 1. The second-order valence-electron chi connectivity index (χ2n) is 5.31. The van der Waals surface area contributed by atoms with E-state index in [0.717, 1.165) is 4.88 Å². The minimum Gasteiger partial charge on any atom is -0.389 e. The molecule has 0 radical (unpaired) electrons. The molecular weight excluding hydrogens is 276 g/mol. The summed E-state index contributed by atoms with van der Waals surface area (Å²) in [5, 5.41) is 12.5. The lowest BCUT2D eigenvalue weighted by atomic mass is 10.1. The van der Waals surface area contributed by atoms with Gasteiger partial charge in [-0.2, -0.15) is 0 Å². The number of likely N-dealkylation sites (N-methyl/N-ethyl adjacent to an activating group) is 1. The predicted molar refractivity (Wildman–Crippen MR) is 79.7 cm³/mol. The number of carbonyl (C=O) groups excluding carboxylic acids is 2. The first kappa shape index (κ1) is 16.7. The van der Waals surface area contributed by atoms with Gasteiger partial charge in [-0.25, -0.2) is 0 Å². The normalized spacial score (nSPS) is 11.2. The van der Waals surface area contributed by atoms with Gasteiger partial charge in [0.05, 0.1) is 17.0 Å². The van der Waals surface area contributed by atoms with Gasteiger partial charge in [0.25, 0.3) is 5.91 Å². The van der Waals surface area contributed by atoms with Gasteiger partial charge in [0.2, 0.25) is 5.91 Å². The standard InChI is InChI=1S/C14H22N2O3S/c1-5-16(9-14(3,4)19)13(18)12-7-6-11(20-12)8-15-10(2)17/h6-7,19H,5,8-9H2,1-4H3,(H,15,17). The number of aliphatic hydroxyl groups is 1. The van der Waals surface area contributed by atoms with Crippen molar-refractivity contribution in [3.05, 3.63) is 21.9 Å². The van der Waals surface area contributed by atoms with Crippen molar-refractivity contribution < 1.29 is 14.7 Å². The molecule has 0 aliphatic heterocycles. The van der Waals surface area contributed by atoms with Gasteiger partial charge in [0, 0.05) is 24.9 Å². The Morgan fingerprint density at radius 2 is 2.05 bits per heavy atom. The lowest BCUT2D eigenvalue weighted by molar-refractivity contribution is -0.119. The average molecular weight is 298 g/mol. The first-order chi connectivity index (χ1) is 9.23. The smallest absolute Gasteiger partial charge is 0.264 e. The van der Waals surface area contributed by atoms with Crippen LogP contribution in [0.4, 0.5) is 0 Å². The molecule has 0 aliphatic carbocycles. The molecule has 6 heteroatoms. The summed E-state index contributed by atoms with van der Waals surface area (Å²) in [4.78, 5) is 26.4. The molecule has 2 amide bonds. The van der Waals surface area contributed by atoms with E-state index in [4.69, 9.17) is 0 Å². The number of carbonyl (C=O) groups is 2. The predicted octanol–water partition coefficient (Wildman–Crippen LogP) is 1.62. The molecule has 5 nitrogen and oxygen atoms in total. The molecule has 0 atom stereocenters. The van der Waals surface area contributed by atoms with Gasteiger partial charge in [-0.1, -0.05) is 0 Å². The number of rotatable bonds is 6. The fourth-order valence-corrected chi connectivity index (χ4v) is 2.66. The maximum absolute atomic E-state index is 12.3. The molecule has 0 fully saturated rings. The lowest BCUT2D eigenvalue weighted by Gasteiger charge is -2.27. The summed E-state index contributed by atoms with van der Waals surface area (Å²) in [6, 6.07) is 3.60. The second kappa shape index (κ2) is 6.85. The molecular formula is C14H22N2O3S. The molecule has 0 saturated carbocycles. The summed E-state index contributed by atoms with van der Waals surface area (Å²) < 4.78 is 0. The molecule has 0 saturated heterocycles. The van der Waals surface area contributed by atoms with Crippen LogP contribution in [0.3, 0.4) is 0 Å². The largest absolute Gasteiger partial charge is 0.389 e.